The molecule has 1 aliphatic heterocycles. The van der Waals surface area contributed by atoms with Gasteiger partial charge >= 0.3 is 0 Å². The summed E-state index contributed by atoms with van der Waals surface area (Å²) in [7, 11) is 3.77. The van der Waals surface area contributed by atoms with Crippen molar-refractivity contribution in [2.45, 2.75) is 13.3 Å². The third-order valence-corrected chi connectivity index (χ3v) is 3.69. The summed E-state index contributed by atoms with van der Waals surface area (Å²) in [5, 5.41) is 5.81. The van der Waals surface area contributed by atoms with Gasteiger partial charge in [-0.3, -0.25) is 4.79 Å². The molecule has 0 fully saturated rings. The van der Waals surface area contributed by atoms with E-state index in [1.54, 1.807) is 13.2 Å². The molecular weight excluding hydrogens is 254 g/mol. The summed E-state index contributed by atoms with van der Waals surface area (Å²) in [5.74, 6) is 0.572. The van der Waals surface area contributed by atoms with E-state index in [4.69, 9.17) is 0 Å². The Balaban J connectivity index is 2.18. The van der Waals surface area contributed by atoms with Crippen molar-refractivity contribution in [2.24, 2.45) is 7.05 Å². The summed E-state index contributed by atoms with van der Waals surface area (Å²) in [6.45, 7) is 2.66. The zero-order chi connectivity index (χ0) is 14.3. The van der Waals surface area contributed by atoms with E-state index in [9.17, 15) is 4.79 Å². The van der Waals surface area contributed by atoms with Gasteiger partial charge in [0, 0.05) is 39.0 Å². The SMILES string of the molecule is CNc1ncc(C)c(-c2cc3c(n2C)CCNC3=O)n1. The molecular formula is C14H17N5O. The smallest absolute Gasteiger partial charge is 0.253 e. The van der Waals surface area contributed by atoms with Crippen LogP contribution in [0.1, 0.15) is 21.6 Å². The molecule has 20 heavy (non-hydrogen) atoms. The summed E-state index contributed by atoms with van der Waals surface area (Å²) < 4.78 is 2.06. The molecule has 104 valence electrons. The number of aromatic nitrogens is 3. The van der Waals surface area contributed by atoms with Crippen molar-refractivity contribution in [1.29, 1.82) is 0 Å². The Morgan fingerprint density at radius 1 is 1.45 bits per heavy atom. The number of hydrogen-bond donors (Lipinski definition) is 2. The molecule has 0 saturated carbocycles. The molecule has 0 radical (unpaired) electrons. The van der Waals surface area contributed by atoms with Crippen LogP contribution >= 0.6 is 0 Å². The molecule has 2 aromatic rings. The van der Waals surface area contributed by atoms with Gasteiger partial charge in [-0.25, -0.2) is 9.97 Å². The summed E-state index contributed by atoms with van der Waals surface area (Å²) in [4.78, 5) is 20.6. The number of carbonyl (C=O) groups excluding carboxylic acids is 1. The number of amides is 1. The van der Waals surface area contributed by atoms with Crippen molar-refractivity contribution >= 4 is 11.9 Å². The van der Waals surface area contributed by atoms with Gasteiger partial charge in [-0.05, 0) is 18.6 Å². The Kier molecular flexibility index (Phi) is 2.93. The van der Waals surface area contributed by atoms with E-state index in [1.165, 1.54) is 0 Å². The fraction of sp³-hybridized carbons (Fsp3) is 0.357. The van der Waals surface area contributed by atoms with Crippen molar-refractivity contribution in [3.05, 3.63) is 29.1 Å². The zero-order valence-electron chi connectivity index (χ0n) is 11.8. The van der Waals surface area contributed by atoms with E-state index < -0.39 is 0 Å². The topological polar surface area (TPSA) is 71.8 Å². The number of carbonyl (C=O) groups is 1. The van der Waals surface area contributed by atoms with Crippen molar-refractivity contribution in [3.63, 3.8) is 0 Å². The van der Waals surface area contributed by atoms with E-state index in [2.05, 4.69) is 25.2 Å². The highest BCUT2D eigenvalue weighted by molar-refractivity contribution is 5.98. The lowest BCUT2D eigenvalue weighted by molar-refractivity contribution is 0.0945. The molecule has 0 bridgehead atoms. The predicted molar refractivity (Wildman–Crippen MR) is 76.8 cm³/mol. The van der Waals surface area contributed by atoms with Crippen LogP contribution in [0.15, 0.2) is 12.3 Å². The van der Waals surface area contributed by atoms with Crippen LogP contribution in [0.25, 0.3) is 11.4 Å². The predicted octanol–water partition coefficient (Wildman–Crippen LogP) is 1.12. The average molecular weight is 271 g/mol. The van der Waals surface area contributed by atoms with Gasteiger partial charge in [0.05, 0.1) is 17.0 Å². The van der Waals surface area contributed by atoms with E-state index in [1.807, 2.05) is 20.0 Å². The van der Waals surface area contributed by atoms with Crippen molar-refractivity contribution in [1.82, 2.24) is 19.9 Å². The van der Waals surface area contributed by atoms with Crippen LogP contribution in [0.2, 0.25) is 0 Å². The summed E-state index contributed by atoms with van der Waals surface area (Å²) >= 11 is 0. The maximum absolute atomic E-state index is 11.9. The Morgan fingerprint density at radius 2 is 2.25 bits per heavy atom. The van der Waals surface area contributed by atoms with Gasteiger partial charge in [-0.2, -0.15) is 0 Å². The lowest BCUT2D eigenvalue weighted by atomic mass is 10.1. The lowest BCUT2D eigenvalue weighted by Gasteiger charge is -2.14. The highest BCUT2D eigenvalue weighted by Crippen LogP contribution is 2.28. The maximum atomic E-state index is 11.9. The number of aryl methyl sites for hydroxylation is 1. The number of rotatable bonds is 2. The second-order valence-electron chi connectivity index (χ2n) is 4.93. The minimum atomic E-state index is -0.00588. The van der Waals surface area contributed by atoms with Gasteiger partial charge < -0.3 is 15.2 Å². The lowest BCUT2D eigenvalue weighted by Crippen LogP contribution is -2.31. The number of nitrogens with zero attached hydrogens (tertiary/aromatic N) is 3. The molecule has 0 unspecified atom stereocenters. The first-order chi connectivity index (χ1) is 9.61. The Morgan fingerprint density at radius 3 is 2.95 bits per heavy atom. The molecule has 3 heterocycles. The van der Waals surface area contributed by atoms with Crippen molar-refractivity contribution < 1.29 is 4.79 Å². The minimum Gasteiger partial charge on any atom is -0.357 e. The van der Waals surface area contributed by atoms with Gasteiger partial charge in [-0.15, -0.1) is 0 Å². The van der Waals surface area contributed by atoms with Crippen molar-refractivity contribution in [2.75, 3.05) is 18.9 Å². The monoisotopic (exact) mass is 271 g/mol. The molecule has 0 spiro atoms. The molecule has 6 heteroatoms. The first-order valence-corrected chi connectivity index (χ1v) is 6.60. The third kappa shape index (κ3) is 1.84. The van der Waals surface area contributed by atoms with Crippen LogP contribution in [-0.4, -0.2) is 34.0 Å². The average Bonchev–Trinajstić information content (AvgIpc) is 2.79. The fourth-order valence-corrected chi connectivity index (χ4v) is 2.58. The summed E-state index contributed by atoms with van der Waals surface area (Å²) in [5.41, 5.74) is 4.60. The molecule has 3 rings (SSSR count). The molecule has 6 nitrogen and oxygen atoms in total. The number of fused-ring (bicyclic) bond motifs is 1. The minimum absolute atomic E-state index is 0.00588. The largest absolute Gasteiger partial charge is 0.357 e. The standard InChI is InChI=1S/C14H17N5O/c1-8-7-17-14(15-2)18-12(8)11-6-9-10(19(11)3)4-5-16-13(9)20/h6-7H,4-5H2,1-3H3,(H,16,20)(H,15,17,18). The molecule has 0 saturated heterocycles. The van der Waals surface area contributed by atoms with Crippen LogP contribution in [0.3, 0.4) is 0 Å². The zero-order valence-corrected chi connectivity index (χ0v) is 11.8. The molecule has 0 atom stereocenters. The molecule has 0 aliphatic carbocycles. The molecule has 0 aromatic carbocycles. The van der Waals surface area contributed by atoms with Crippen LogP contribution in [0, 0.1) is 6.92 Å². The molecule has 2 aromatic heterocycles. The van der Waals surface area contributed by atoms with Gasteiger partial charge in [0.1, 0.15) is 0 Å². The summed E-state index contributed by atoms with van der Waals surface area (Å²) in [6.07, 6.45) is 2.64. The highest BCUT2D eigenvalue weighted by atomic mass is 16.1. The number of nitrogens with one attached hydrogen (secondary N) is 2. The van der Waals surface area contributed by atoms with E-state index in [0.29, 0.717) is 12.5 Å². The Hall–Kier alpha value is -2.37. The van der Waals surface area contributed by atoms with Crippen LogP contribution < -0.4 is 10.6 Å². The highest BCUT2D eigenvalue weighted by Gasteiger charge is 2.23. The number of hydrogen-bond acceptors (Lipinski definition) is 4. The maximum Gasteiger partial charge on any atom is 0.253 e. The van der Waals surface area contributed by atoms with Crippen molar-refractivity contribution in [3.8, 4) is 11.4 Å². The second kappa shape index (κ2) is 4.63. The van der Waals surface area contributed by atoms with E-state index >= 15 is 0 Å². The third-order valence-electron chi connectivity index (χ3n) is 3.69. The molecule has 1 aliphatic rings. The van der Waals surface area contributed by atoms with Crippen LogP contribution in [0.5, 0.6) is 0 Å². The number of anilines is 1. The van der Waals surface area contributed by atoms with Gasteiger partial charge in [-0.1, -0.05) is 0 Å². The van der Waals surface area contributed by atoms with Crippen LogP contribution in [0.4, 0.5) is 5.95 Å². The molecule has 2 N–H and O–H groups in total. The quantitative estimate of drug-likeness (QED) is 0.858. The van der Waals surface area contributed by atoms with Crippen LogP contribution in [-0.2, 0) is 13.5 Å². The fourth-order valence-electron chi connectivity index (χ4n) is 2.58. The normalized spacial score (nSPS) is 13.8. The van der Waals surface area contributed by atoms with E-state index in [-0.39, 0.29) is 5.91 Å². The van der Waals surface area contributed by atoms with Gasteiger partial charge in [0.25, 0.3) is 5.91 Å². The van der Waals surface area contributed by atoms with Gasteiger partial charge in [0.2, 0.25) is 5.95 Å². The molecule has 1 amide bonds. The first kappa shape index (κ1) is 12.7. The second-order valence-corrected chi connectivity index (χ2v) is 4.93. The Bertz CT molecular complexity index is 689. The first-order valence-electron chi connectivity index (χ1n) is 6.60. The Labute approximate surface area is 117 Å². The van der Waals surface area contributed by atoms with E-state index in [0.717, 1.165) is 34.6 Å². The summed E-state index contributed by atoms with van der Waals surface area (Å²) in [6, 6.07) is 1.92. The van der Waals surface area contributed by atoms with Gasteiger partial charge in [0.15, 0.2) is 0 Å².